The fraction of sp³-hybridized carbons (Fsp3) is 0.458. The Morgan fingerprint density at radius 1 is 1.27 bits per heavy atom. The molecular formula is C24H30N4O2. The van der Waals surface area contributed by atoms with Crippen molar-refractivity contribution in [1.29, 1.82) is 5.26 Å². The van der Waals surface area contributed by atoms with E-state index in [9.17, 15) is 9.59 Å². The molecule has 1 N–H and O–H groups in total. The van der Waals surface area contributed by atoms with E-state index in [1.54, 1.807) is 6.08 Å². The van der Waals surface area contributed by atoms with Gasteiger partial charge in [0.15, 0.2) is 0 Å². The number of nitrogens with one attached hydrogen (secondary N) is 1. The third kappa shape index (κ3) is 5.50. The van der Waals surface area contributed by atoms with Crippen LogP contribution in [0.5, 0.6) is 0 Å². The Morgan fingerprint density at radius 2 is 2.00 bits per heavy atom. The standard InChI is InChI=1S/C24H30N4O2/c1-18(2)16-24(30)27-14-10-20(11-15-27)26-23(29)9-8-19-17-28(13-5-12-25)22-7-4-3-6-21(19)22/h3-4,6-9,17-18,20H,5,10-11,13-16H2,1-2H3,(H,26,29)/b9-8+. The number of likely N-dealkylation sites (tertiary alicyclic amines) is 1. The molecule has 2 heterocycles. The summed E-state index contributed by atoms with van der Waals surface area (Å²) in [6.07, 6.45) is 8.01. The van der Waals surface area contributed by atoms with Crippen LogP contribution in [0.4, 0.5) is 0 Å². The first-order chi connectivity index (χ1) is 14.5. The van der Waals surface area contributed by atoms with Crippen LogP contribution < -0.4 is 5.32 Å². The molecule has 2 amide bonds. The van der Waals surface area contributed by atoms with E-state index >= 15 is 0 Å². The number of carbonyl (C=O) groups is 2. The summed E-state index contributed by atoms with van der Waals surface area (Å²) in [6, 6.07) is 10.3. The first-order valence-corrected chi connectivity index (χ1v) is 10.7. The number of aromatic nitrogens is 1. The highest BCUT2D eigenvalue weighted by atomic mass is 16.2. The second kappa shape index (κ2) is 10.1. The highest BCUT2D eigenvalue weighted by Gasteiger charge is 2.23. The lowest BCUT2D eigenvalue weighted by molar-refractivity contribution is -0.133. The van der Waals surface area contributed by atoms with Gasteiger partial charge in [0.25, 0.3) is 0 Å². The average Bonchev–Trinajstić information content (AvgIpc) is 3.08. The largest absolute Gasteiger partial charge is 0.350 e. The number of hydrogen-bond acceptors (Lipinski definition) is 3. The fourth-order valence-electron chi connectivity index (χ4n) is 3.93. The minimum Gasteiger partial charge on any atom is -0.350 e. The lowest BCUT2D eigenvalue weighted by atomic mass is 10.0. The van der Waals surface area contributed by atoms with E-state index in [0.717, 1.165) is 29.3 Å². The molecule has 0 atom stereocenters. The van der Waals surface area contributed by atoms with E-state index in [2.05, 4.69) is 29.8 Å². The Kier molecular flexibility index (Phi) is 7.29. The summed E-state index contributed by atoms with van der Waals surface area (Å²) in [7, 11) is 0. The molecule has 1 aliphatic heterocycles. The van der Waals surface area contributed by atoms with Crippen molar-refractivity contribution in [2.75, 3.05) is 13.1 Å². The maximum atomic E-state index is 12.4. The van der Waals surface area contributed by atoms with Crippen LogP contribution in [0.2, 0.25) is 0 Å². The number of nitriles is 1. The predicted octanol–water partition coefficient (Wildman–Crippen LogP) is 3.72. The molecule has 0 bridgehead atoms. The van der Waals surface area contributed by atoms with Gasteiger partial charge in [0.2, 0.25) is 11.8 Å². The van der Waals surface area contributed by atoms with E-state index < -0.39 is 0 Å². The monoisotopic (exact) mass is 406 g/mol. The van der Waals surface area contributed by atoms with E-state index in [4.69, 9.17) is 5.26 Å². The van der Waals surface area contributed by atoms with Crippen LogP contribution in [-0.4, -0.2) is 40.4 Å². The lowest BCUT2D eigenvalue weighted by Gasteiger charge is -2.32. The van der Waals surface area contributed by atoms with Gasteiger partial charge in [-0.1, -0.05) is 32.0 Å². The number of fused-ring (bicyclic) bond motifs is 1. The fourth-order valence-corrected chi connectivity index (χ4v) is 3.93. The molecule has 158 valence electrons. The minimum absolute atomic E-state index is 0.0993. The summed E-state index contributed by atoms with van der Waals surface area (Å²) in [5.74, 6) is 0.462. The number of aryl methyl sites for hydroxylation is 1. The molecule has 0 radical (unpaired) electrons. The van der Waals surface area contributed by atoms with E-state index in [1.165, 1.54) is 0 Å². The molecule has 1 aromatic carbocycles. The summed E-state index contributed by atoms with van der Waals surface area (Å²) in [4.78, 5) is 26.5. The van der Waals surface area contributed by atoms with Gasteiger partial charge in [-0.25, -0.2) is 0 Å². The van der Waals surface area contributed by atoms with Crippen molar-refractivity contribution in [3.63, 3.8) is 0 Å². The van der Waals surface area contributed by atoms with Gasteiger partial charge in [0.1, 0.15) is 0 Å². The van der Waals surface area contributed by atoms with E-state index in [-0.39, 0.29) is 17.9 Å². The molecule has 6 heteroatoms. The number of piperidine rings is 1. The van der Waals surface area contributed by atoms with E-state index in [1.807, 2.05) is 41.4 Å². The van der Waals surface area contributed by atoms with Crippen LogP contribution in [0, 0.1) is 17.2 Å². The van der Waals surface area contributed by atoms with Crippen molar-refractivity contribution < 1.29 is 9.59 Å². The van der Waals surface area contributed by atoms with Crippen molar-refractivity contribution in [2.45, 2.75) is 52.1 Å². The second-order valence-corrected chi connectivity index (χ2v) is 8.30. The zero-order valence-corrected chi connectivity index (χ0v) is 17.8. The van der Waals surface area contributed by atoms with Gasteiger partial charge in [-0.15, -0.1) is 0 Å². The van der Waals surface area contributed by atoms with Crippen molar-refractivity contribution in [3.05, 3.63) is 42.1 Å². The number of para-hydroxylation sites is 1. The number of amides is 2. The number of rotatable bonds is 7. The van der Waals surface area contributed by atoms with E-state index in [0.29, 0.717) is 38.4 Å². The lowest BCUT2D eigenvalue weighted by Crippen LogP contribution is -2.46. The Hall–Kier alpha value is -3.07. The maximum Gasteiger partial charge on any atom is 0.244 e. The van der Waals surface area contributed by atoms with Crippen LogP contribution in [0.15, 0.2) is 36.5 Å². The first-order valence-electron chi connectivity index (χ1n) is 10.7. The Labute approximate surface area is 178 Å². The molecule has 6 nitrogen and oxygen atoms in total. The molecule has 0 spiro atoms. The quantitative estimate of drug-likeness (QED) is 0.712. The topological polar surface area (TPSA) is 78.1 Å². The summed E-state index contributed by atoms with van der Waals surface area (Å²) >= 11 is 0. The molecule has 1 aromatic heterocycles. The Bertz CT molecular complexity index is 959. The molecule has 0 saturated carbocycles. The molecular weight excluding hydrogens is 376 g/mol. The number of benzene rings is 1. The van der Waals surface area contributed by atoms with Crippen molar-refractivity contribution in [2.24, 2.45) is 5.92 Å². The van der Waals surface area contributed by atoms with Gasteiger partial charge in [-0.3, -0.25) is 9.59 Å². The number of hydrogen-bond donors (Lipinski definition) is 1. The molecule has 3 rings (SSSR count). The molecule has 0 aliphatic carbocycles. The average molecular weight is 407 g/mol. The Balaban J connectivity index is 1.57. The molecule has 1 saturated heterocycles. The predicted molar refractivity (Wildman–Crippen MR) is 118 cm³/mol. The molecule has 30 heavy (non-hydrogen) atoms. The van der Waals surface area contributed by atoms with Gasteiger partial charge in [-0.2, -0.15) is 5.26 Å². The van der Waals surface area contributed by atoms with Crippen LogP contribution in [-0.2, 0) is 16.1 Å². The van der Waals surface area contributed by atoms with Gasteiger partial charge in [0, 0.05) is 60.8 Å². The molecule has 0 unspecified atom stereocenters. The highest BCUT2D eigenvalue weighted by molar-refractivity contribution is 5.96. The maximum absolute atomic E-state index is 12.4. The van der Waals surface area contributed by atoms with Crippen LogP contribution in [0.3, 0.4) is 0 Å². The van der Waals surface area contributed by atoms with Gasteiger partial charge in [0.05, 0.1) is 12.5 Å². The third-order valence-electron chi connectivity index (χ3n) is 5.48. The zero-order valence-electron chi connectivity index (χ0n) is 17.8. The SMILES string of the molecule is CC(C)CC(=O)N1CCC(NC(=O)/C=C/c2cn(CCC#N)c3ccccc23)CC1. The smallest absolute Gasteiger partial charge is 0.244 e. The summed E-state index contributed by atoms with van der Waals surface area (Å²) < 4.78 is 2.06. The zero-order chi connectivity index (χ0) is 21.5. The summed E-state index contributed by atoms with van der Waals surface area (Å²) in [6.45, 7) is 6.14. The van der Waals surface area contributed by atoms with Gasteiger partial charge in [-0.05, 0) is 30.9 Å². The molecule has 1 fully saturated rings. The summed E-state index contributed by atoms with van der Waals surface area (Å²) in [5.41, 5.74) is 2.03. The van der Waals surface area contributed by atoms with Crippen LogP contribution in [0.1, 0.15) is 45.1 Å². The Morgan fingerprint density at radius 3 is 2.70 bits per heavy atom. The second-order valence-electron chi connectivity index (χ2n) is 8.30. The number of nitrogens with zero attached hydrogens (tertiary/aromatic N) is 3. The third-order valence-corrected chi connectivity index (χ3v) is 5.48. The van der Waals surface area contributed by atoms with Gasteiger partial charge < -0.3 is 14.8 Å². The molecule has 1 aliphatic rings. The minimum atomic E-state index is -0.115. The van der Waals surface area contributed by atoms with Crippen molar-refractivity contribution >= 4 is 28.8 Å². The van der Waals surface area contributed by atoms with Crippen molar-refractivity contribution in [3.8, 4) is 6.07 Å². The molecule has 2 aromatic rings. The number of carbonyl (C=O) groups excluding carboxylic acids is 2. The van der Waals surface area contributed by atoms with Crippen LogP contribution in [0.25, 0.3) is 17.0 Å². The summed E-state index contributed by atoms with van der Waals surface area (Å²) in [5, 5.41) is 13.0. The first kappa shape index (κ1) is 21.6. The highest BCUT2D eigenvalue weighted by Crippen LogP contribution is 2.23. The normalized spacial score (nSPS) is 15.1. The van der Waals surface area contributed by atoms with Gasteiger partial charge >= 0.3 is 0 Å². The van der Waals surface area contributed by atoms with Crippen molar-refractivity contribution in [1.82, 2.24) is 14.8 Å². The van der Waals surface area contributed by atoms with Crippen LogP contribution >= 0.6 is 0 Å².